The van der Waals surface area contributed by atoms with Crippen molar-refractivity contribution in [1.29, 1.82) is 0 Å². The molecule has 1 amide bonds. The Morgan fingerprint density at radius 3 is 1.15 bits per heavy atom. The van der Waals surface area contributed by atoms with Crippen molar-refractivity contribution in [2.75, 3.05) is 13.2 Å². The SMILES string of the molecule is CCCCCCC/C=C\C/C=C\CCCCCCCCCCCCCCCCCCCCCCCCCCCCCCCC(=O)NC(COC1OC(CO)C(O)C(O)C1O)C(O)/C=C/CCCCCCCCCCC. The van der Waals surface area contributed by atoms with Crippen molar-refractivity contribution in [1.82, 2.24) is 5.32 Å². The van der Waals surface area contributed by atoms with Crippen molar-refractivity contribution < 1.29 is 39.8 Å². The lowest BCUT2D eigenvalue weighted by molar-refractivity contribution is -0.302. The average molecular weight is 1060 g/mol. The highest BCUT2D eigenvalue weighted by molar-refractivity contribution is 5.76. The minimum atomic E-state index is -1.56. The zero-order valence-electron chi connectivity index (χ0n) is 49.3. The lowest BCUT2D eigenvalue weighted by Crippen LogP contribution is -2.60. The molecule has 9 heteroatoms. The van der Waals surface area contributed by atoms with Gasteiger partial charge in [0.2, 0.25) is 5.91 Å². The molecule has 7 atom stereocenters. The first-order valence-corrected chi connectivity index (χ1v) is 32.7. The monoisotopic (exact) mass is 1060 g/mol. The van der Waals surface area contributed by atoms with Crippen LogP contribution in [-0.4, -0.2) is 87.5 Å². The van der Waals surface area contributed by atoms with E-state index in [0.29, 0.717) is 6.42 Å². The van der Waals surface area contributed by atoms with Gasteiger partial charge in [0.1, 0.15) is 24.4 Å². The molecule has 0 aromatic heterocycles. The maximum Gasteiger partial charge on any atom is 0.220 e. The highest BCUT2D eigenvalue weighted by Gasteiger charge is 2.44. The van der Waals surface area contributed by atoms with Crippen LogP contribution in [0.5, 0.6) is 0 Å². The van der Waals surface area contributed by atoms with Gasteiger partial charge in [-0.3, -0.25) is 4.79 Å². The summed E-state index contributed by atoms with van der Waals surface area (Å²) in [6, 6.07) is -0.801. The van der Waals surface area contributed by atoms with E-state index >= 15 is 0 Å². The van der Waals surface area contributed by atoms with Gasteiger partial charge in [-0.2, -0.15) is 0 Å². The first kappa shape index (κ1) is 71.4. The number of aliphatic hydroxyl groups excluding tert-OH is 5. The first-order chi connectivity index (χ1) is 36.8. The second-order valence-electron chi connectivity index (χ2n) is 22.9. The molecule has 75 heavy (non-hydrogen) atoms. The predicted molar refractivity (Wildman–Crippen MR) is 318 cm³/mol. The summed E-state index contributed by atoms with van der Waals surface area (Å²) in [6.45, 7) is 3.77. The van der Waals surface area contributed by atoms with Crippen LogP contribution in [0, 0.1) is 0 Å². The molecule has 1 heterocycles. The predicted octanol–water partition coefficient (Wildman–Crippen LogP) is 17.1. The molecular weight excluding hydrogens is 935 g/mol. The van der Waals surface area contributed by atoms with Crippen molar-refractivity contribution in [3.05, 3.63) is 36.5 Å². The second-order valence-corrected chi connectivity index (χ2v) is 22.9. The van der Waals surface area contributed by atoms with Crippen molar-refractivity contribution in [2.24, 2.45) is 0 Å². The van der Waals surface area contributed by atoms with E-state index in [4.69, 9.17) is 9.47 Å². The Kier molecular flexibility index (Phi) is 53.1. The average Bonchev–Trinajstić information content (AvgIpc) is 3.41. The molecule has 1 saturated heterocycles. The molecule has 1 fully saturated rings. The second kappa shape index (κ2) is 55.7. The van der Waals surface area contributed by atoms with E-state index in [1.807, 2.05) is 6.08 Å². The molecule has 9 nitrogen and oxygen atoms in total. The summed E-state index contributed by atoms with van der Waals surface area (Å²) >= 11 is 0. The molecule has 6 N–H and O–H groups in total. The number of hydrogen-bond donors (Lipinski definition) is 6. The normalized spacial score (nSPS) is 19.1. The molecule has 0 aromatic rings. The van der Waals surface area contributed by atoms with Gasteiger partial charge in [-0.25, -0.2) is 0 Å². The lowest BCUT2D eigenvalue weighted by Gasteiger charge is -2.40. The van der Waals surface area contributed by atoms with E-state index in [2.05, 4.69) is 43.5 Å². The van der Waals surface area contributed by atoms with Crippen molar-refractivity contribution in [2.45, 2.75) is 365 Å². The lowest BCUT2D eigenvalue weighted by atomic mass is 9.99. The number of hydrogen-bond acceptors (Lipinski definition) is 8. The number of unbranched alkanes of at least 4 members (excludes halogenated alkanes) is 43. The van der Waals surface area contributed by atoms with E-state index in [1.54, 1.807) is 6.08 Å². The van der Waals surface area contributed by atoms with Gasteiger partial charge >= 0.3 is 0 Å². The maximum absolute atomic E-state index is 13.0. The molecule has 442 valence electrons. The van der Waals surface area contributed by atoms with Crippen molar-refractivity contribution in [3.8, 4) is 0 Å². The number of rotatable bonds is 57. The summed E-state index contributed by atoms with van der Waals surface area (Å²) in [5, 5.41) is 54.4. The Hall–Kier alpha value is -1.59. The van der Waals surface area contributed by atoms with E-state index < -0.39 is 49.5 Å². The topological polar surface area (TPSA) is 149 Å². The number of allylic oxidation sites excluding steroid dienone is 5. The van der Waals surface area contributed by atoms with Crippen LogP contribution < -0.4 is 5.32 Å². The third-order valence-electron chi connectivity index (χ3n) is 15.7. The van der Waals surface area contributed by atoms with Gasteiger partial charge in [-0.1, -0.05) is 301 Å². The number of nitrogens with one attached hydrogen (secondary N) is 1. The molecular formula is C66H125NO8. The van der Waals surface area contributed by atoms with Crippen LogP contribution in [0.25, 0.3) is 0 Å². The molecule has 7 unspecified atom stereocenters. The number of ether oxygens (including phenoxy) is 2. The van der Waals surface area contributed by atoms with E-state index in [9.17, 15) is 30.3 Å². The van der Waals surface area contributed by atoms with Gasteiger partial charge in [-0.15, -0.1) is 0 Å². The van der Waals surface area contributed by atoms with Crippen LogP contribution in [-0.2, 0) is 14.3 Å². The number of amides is 1. The van der Waals surface area contributed by atoms with Gasteiger partial charge in [-0.05, 0) is 51.4 Å². The minimum absolute atomic E-state index is 0.172. The molecule has 0 spiro atoms. The molecule has 0 radical (unpaired) electrons. The van der Waals surface area contributed by atoms with Crippen molar-refractivity contribution in [3.63, 3.8) is 0 Å². The maximum atomic E-state index is 13.0. The van der Waals surface area contributed by atoms with Crippen LogP contribution in [0.4, 0.5) is 0 Å². The molecule has 0 bridgehead atoms. The van der Waals surface area contributed by atoms with Crippen LogP contribution in [0.3, 0.4) is 0 Å². The van der Waals surface area contributed by atoms with E-state index in [-0.39, 0.29) is 12.5 Å². The zero-order valence-corrected chi connectivity index (χ0v) is 49.3. The molecule has 1 aliphatic rings. The molecule has 0 aliphatic carbocycles. The van der Waals surface area contributed by atoms with Gasteiger partial charge < -0.3 is 40.3 Å². The summed E-state index contributed by atoms with van der Waals surface area (Å²) in [5.74, 6) is -0.172. The standard InChI is InChI=1S/C66H125NO8/c1-3-5-7-9-11-13-15-16-17-18-19-20-21-22-23-24-25-26-27-28-29-30-31-32-33-34-35-36-37-38-39-40-41-42-43-44-46-48-50-52-54-56-62(70)67-59(58-74-66-65(73)64(72)63(71)61(57-68)75-66)60(69)55-53-51-49-47-45-14-12-10-8-6-4-2/h15-16,18-19,53,55,59-61,63-66,68-69,71-73H,3-14,17,20-52,54,56-58H2,1-2H3,(H,67,70)/b16-15-,19-18-,55-53+. The summed E-state index contributed by atoms with van der Waals surface area (Å²) in [5.41, 5.74) is 0. The van der Waals surface area contributed by atoms with E-state index in [0.717, 1.165) is 44.9 Å². The number of carbonyl (C=O) groups excluding carboxylic acids is 1. The van der Waals surface area contributed by atoms with Crippen LogP contribution in [0.15, 0.2) is 36.5 Å². The Morgan fingerprint density at radius 1 is 0.453 bits per heavy atom. The zero-order chi connectivity index (χ0) is 54.3. The quantitative estimate of drug-likeness (QED) is 0.0261. The molecule has 1 aliphatic heterocycles. The van der Waals surface area contributed by atoms with Gasteiger partial charge in [0, 0.05) is 6.42 Å². The number of carbonyl (C=O) groups is 1. The fraction of sp³-hybridized carbons (Fsp3) is 0.894. The van der Waals surface area contributed by atoms with Crippen LogP contribution in [0.1, 0.15) is 322 Å². The van der Waals surface area contributed by atoms with Crippen LogP contribution in [0.2, 0.25) is 0 Å². The summed E-state index contributed by atoms with van der Waals surface area (Å²) in [6.07, 6.45) is 67.0. The third kappa shape index (κ3) is 44.9. The Bertz CT molecular complexity index is 1270. The summed E-state index contributed by atoms with van der Waals surface area (Å²) in [4.78, 5) is 13.0. The first-order valence-electron chi connectivity index (χ1n) is 32.7. The molecule has 1 rings (SSSR count). The summed E-state index contributed by atoms with van der Waals surface area (Å²) < 4.78 is 11.2. The largest absolute Gasteiger partial charge is 0.394 e. The van der Waals surface area contributed by atoms with Gasteiger partial charge in [0.15, 0.2) is 6.29 Å². The van der Waals surface area contributed by atoms with Crippen LogP contribution >= 0.6 is 0 Å². The molecule has 0 aromatic carbocycles. The molecule has 0 saturated carbocycles. The van der Waals surface area contributed by atoms with Crippen molar-refractivity contribution >= 4 is 5.91 Å². The van der Waals surface area contributed by atoms with E-state index in [1.165, 1.54) is 257 Å². The third-order valence-corrected chi connectivity index (χ3v) is 15.7. The Morgan fingerprint density at radius 2 is 0.787 bits per heavy atom. The van der Waals surface area contributed by atoms with Gasteiger partial charge in [0.25, 0.3) is 0 Å². The highest BCUT2D eigenvalue weighted by Crippen LogP contribution is 2.23. The minimum Gasteiger partial charge on any atom is -0.394 e. The smallest absolute Gasteiger partial charge is 0.220 e. The summed E-state index contributed by atoms with van der Waals surface area (Å²) in [7, 11) is 0. The Labute approximate surface area is 463 Å². The fourth-order valence-corrected chi connectivity index (χ4v) is 10.5. The Balaban J connectivity index is 1.98. The number of aliphatic hydroxyl groups is 5. The van der Waals surface area contributed by atoms with Gasteiger partial charge in [0.05, 0.1) is 25.4 Å². The highest BCUT2D eigenvalue weighted by atomic mass is 16.7. The fourth-order valence-electron chi connectivity index (χ4n) is 10.5.